The average Bonchev–Trinajstić information content (AvgIpc) is 3.34. The molecule has 0 aliphatic carbocycles. The molecule has 0 N–H and O–H groups in total. The second-order valence-corrected chi connectivity index (χ2v) is 11.9. The molecule has 0 aromatic heterocycles. The van der Waals surface area contributed by atoms with Gasteiger partial charge in [-0.2, -0.15) is 8.61 Å². The van der Waals surface area contributed by atoms with Crippen molar-refractivity contribution in [1.29, 1.82) is 0 Å². The zero-order chi connectivity index (χ0) is 24.8. The summed E-state index contributed by atoms with van der Waals surface area (Å²) >= 11 is 0. The van der Waals surface area contributed by atoms with Gasteiger partial charge >= 0.3 is 0 Å². The van der Waals surface area contributed by atoms with Gasteiger partial charge in [0.1, 0.15) is 5.75 Å². The number of ether oxygens (including phenoxy) is 2. The zero-order valence-electron chi connectivity index (χ0n) is 20.0. The van der Waals surface area contributed by atoms with Crippen molar-refractivity contribution in [3.05, 3.63) is 54.1 Å². The van der Waals surface area contributed by atoms with E-state index in [4.69, 9.17) is 9.47 Å². The number of hydrogen-bond donors (Lipinski definition) is 0. The largest absolute Gasteiger partial charge is 0.494 e. The molecule has 1 unspecified atom stereocenters. The third-order valence-corrected chi connectivity index (χ3v) is 9.72. The van der Waals surface area contributed by atoms with E-state index in [-0.39, 0.29) is 29.0 Å². The Bertz CT molecular complexity index is 1120. The Morgan fingerprint density at radius 2 is 1.41 bits per heavy atom. The van der Waals surface area contributed by atoms with Gasteiger partial charge in [-0.25, -0.2) is 16.8 Å². The molecule has 0 radical (unpaired) electrons. The monoisotopic (exact) mass is 510 g/mol. The summed E-state index contributed by atoms with van der Waals surface area (Å²) in [6.07, 6.45) is 1.54. The van der Waals surface area contributed by atoms with E-state index in [2.05, 4.69) is 0 Å². The SMILES string of the molecule is CCOc1ccc(CN(CC2CCCO2)S(=O)(=O)c2ccc(S(=O)(=O)N(CC)CC)cc2)cc1. The highest BCUT2D eigenvalue weighted by Crippen LogP contribution is 2.25. The van der Waals surface area contributed by atoms with E-state index >= 15 is 0 Å². The highest BCUT2D eigenvalue weighted by Gasteiger charge is 2.30. The van der Waals surface area contributed by atoms with Crippen LogP contribution in [-0.4, -0.2) is 64.4 Å². The zero-order valence-corrected chi connectivity index (χ0v) is 21.6. The van der Waals surface area contributed by atoms with Crippen LogP contribution in [-0.2, 0) is 31.3 Å². The van der Waals surface area contributed by atoms with Crippen molar-refractivity contribution in [2.24, 2.45) is 0 Å². The molecular weight excluding hydrogens is 476 g/mol. The maximum atomic E-state index is 13.6. The Balaban J connectivity index is 1.88. The van der Waals surface area contributed by atoms with Gasteiger partial charge in [0.2, 0.25) is 20.0 Å². The van der Waals surface area contributed by atoms with Crippen molar-refractivity contribution in [2.45, 2.75) is 56.1 Å². The van der Waals surface area contributed by atoms with E-state index in [1.807, 2.05) is 31.2 Å². The highest BCUT2D eigenvalue weighted by atomic mass is 32.2. The number of nitrogens with zero attached hydrogens (tertiary/aromatic N) is 2. The first-order valence-electron chi connectivity index (χ1n) is 11.7. The lowest BCUT2D eigenvalue weighted by Crippen LogP contribution is -2.37. The van der Waals surface area contributed by atoms with E-state index in [1.54, 1.807) is 13.8 Å². The minimum atomic E-state index is -3.89. The van der Waals surface area contributed by atoms with Gasteiger partial charge in [-0.05, 0) is 61.7 Å². The molecule has 0 bridgehead atoms. The first-order valence-corrected chi connectivity index (χ1v) is 14.5. The van der Waals surface area contributed by atoms with E-state index in [0.29, 0.717) is 26.3 Å². The van der Waals surface area contributed by atoms with Crippen molar-refractivity contribution in [3.63, 3.8) is 0 Å². The van der Waals surface area contributed by atoms with Crippen LogP contribution in [0.3, 0.4) is 0 Å². The molecule has 188 valence electrons. The van der Waals surface area contributed by atoms with Gasteiger partial charge in [0.15, 0.2) is 0 Å². The molecule has 1 saturated heterocycles. The molecule has 1 fully saturated rings. The quantitative estimate of drug-likeness (QED) is 0.434. The van der Waals surface area contributed by atoms with Crippen molar-refractivity contribution < 1.29 is 26.3 Å². The summed E-state index contributed by atoms with van der Waals surface area (Å²) < 4.78 is 66.7. The van der Waals surface area contributed by atoms with Crippen molar-refractivity contribution in [1.82, 2.24) is 8.61 Å². The molecule has 0 saturated carbocycles. The van der Waals surface area contributed by atoms with E-state index < -0.39 is 20.0 Å². The van der Waals surface area contributed by atoms with Gasteiger partial charge in [-0.3, -0.25) is 0 Å². The Kier molecular flexibility index (Phi) is 9.11. The van der Waals surface area contributed by atoms with Crippen LogP contribution < -0.4 is 4.74 Å². The fourth-order valence-corrected chi connectivity index (χ4v) is 6.89. The average molecular weight is 511 g/mol. The Morgan fingerprint density at radius 1 is 0.853 bits per heavy atom. The molecule has 2 aromatic rings. The molecule has 8 nitrogen and oxygen atoms in total. The fourth-order valence-electron chi connectivity index (χ4n) is 3.97. The number of sulfonamides is 2. The summed E-state index contributed by atoms with van der Waals surface area (Å²) in [5.41, 5.74) is 0.825. The minimum Gasteiger partial charge on any atom is -0.494 e. The van der Waals surface area contributed by atoms with E-state index in [1.165, 1.54) is 32.9 Å². The number of rotatable bonds is 12. The fraction of sp³-hybridized carbons (Fsp3) is 0.500. The molecule has 1 atom stereocenters. The molecule has 1 aliphatic rings. The minimum absolute atomic E-state index is 0.0509. The van der Waals surface area contributed by atoms with Crippen LogP contribution >= 0.6 is 0 Å². The van der Waals surface area contributed by atoms with Crippen LogP contribution in [0.15, 0.2) is 58.3 Å². The first-order chi connectivity index (χ1) is 16.2. The summed E-state index contributed by atoms with van der Waals surface area (Å²) in [6.45, 7) is 7.71. The van der Waals surface area contributed by atoms with Crippen molar-refractivity contribution in [2.75, 3.05) is 32.8 Å². The van der Waals surface area contributed by atoms with Crippen LogP contribution in [0, 0.1) is 0 Å². The van der Waals surface area contributed by atoms with E-state index in [0.717, 1.165) is 24.2 Å². The predicted octanol–water partition coefficient (Wildman–Crippen LogP) is 3.49. The molecule has 10 heteroatoms. The van der Waals surface area contributed by atoms with Crippen LogP contribution in [0.4, 0.5) is 0 Å². The molecule has 0 amide bonds. The lowest BCUT2D eigenvalue weighted by atomic mass is 10.2. The van der Waals surface area contributed by atoms with Gasteiger partial charge in [0.05, 0.1) is 22.5 Å². The van der Waals surface area contributed by atoms with Crippen LogP contribution in [0.1, 0.15) is 39.2 Å². The highest BCUT2D eigenvalue weighted by molar-refractivity contribution is 7.89. The van der Waals surface area contributed by atoms with Crippen LogP contribution in [0.5, 0.6) is 5.75 Å². The van der Waals surface area contributed by atoms with Crippen LogP contribution in [0.2, 0.25) is 0 Å². The smallest absolute Gasteiger partial charge is 0.243 e. The molecule has 34 heavy (non-hydrogen) atoms. The summed E-state index contributed by atoms with van der Waals surface area (Å²) in [4.78, 5) is 0.127. The van der Waals surface area contributed by atoms with Gasteiger partial charge in [0, 0.05) is 32.8 Å². The molecule has 1 aliphatic heterocycles. The lowest BCUT2D eigenvalue weighted by Gasteiger charge is -2.25. The second-order valence-electron chi connectivity index (χ2n) is 8.07. The van der Waals surface area contributed by atoms with Gasteiger partial charge in [-0.15, -0.1) is 0 Å². The van der Waals surface area contributed by atoms with E-state index in [9.17, 15) is 16.8 Å². The predicted molar refractivity (Wildman–Crippen MR) is 131 cm³/mol. The normalized spacial score (nSPS) is 16.9. The summed E-state index contributed by atoms with van der Waals surface area (Å²) in [5.74, 6) is 0.727. The standard InChI is InChI=1S/C24H34N2O6S2/c1-4-25(5-2)33(27,28)23-13-15-24(16-14-23)34(29,30)26(19-22-8-7-17-32-22)18-20-9-11-21(12-10-20)31-6-3/h9-16,22H,4-8,17-19H2,1-3H3. The maximum Gasteiger partial charge on any atom is 0.243 e. The molecular formula is C24H34N2O6S2. The summed E-state index contributed by atoms with van der Waals surface area (Å²) in [5, 5.41) is 0. The third-order valence-electron chi connectivity index (χ3n) is 5.83. The Labute approximate surface area is 203 Å². The topological polar surface area (TPSA) is 93.2 Å². The first kappa shape index (κ1) is 26.6. The second kappa shape index (κ2) is 11.6. The Hall–Kier alpha value is -1.98. The van der Waals surface area contributed by atoms with Crippen molar-refractivity contribution in [3.8, 4) is 5.75 Å². The summed E-state index contributed by atoms with van der Waals surface area (Å²) in [6, 6.07) is 12.8. The molecule has 3 rings (SSSR count). The van der Waals surface area contributed by atoms with Gasteiger partial charge in [-0.1, -0.05) is 26.0 Å². The summed E-state index contributed by atoms with van der Waals surface area (Å²) in [7, 11) is -7.55. The number of hydrogen-bond acceptors (Lipinski definition) is 6. The maximum absolute atomic E-state index is 13.6. The Morgan fingerprint density at radius 3 is 1.88 bits per heavy atom. The van der Waals surface area contributed by atoms with Gasteiger partial charge in [0.25, 0.3) is 0 Å². The molecule has 0 spiro atoms. The van der Waals surface area contributed by atoms with Crippen LogP contribution in [0.25, 0.3) is 0 Å². The number of benzene rings is 2. The van der Waals surface area contributed by atoms with Crippen molar-refractivity contribution >= 4 is 20.0 Å². The molecule has 2 aromatic carbocycles. The third kappa shape index (κ3) is 6.17. The molecule has 1 heterocycles. The lowest BCUT2D eigenvalue weighted by molar-refractivity contribution is 0.0926. The van der Waals surface area contributed by atoms with Gasteiger partial charge < -0.3 is 9.47 Å².